The highest BCUT2D eigenvalue weighted by atomic mass is 32.1. The van der Waals surface area contributed by atoms with E-state index in [4.69, 9.17) is 9.47 Å². The number of likely N-dealkylation sites (tertiary alicyclic amines) is 1. The molecule has 1 saturated heterocycles. The summed E-state index contributed by atoms with van der Waals surface area (Å²) in [5.41, 5.74) is 1.07. The van der Waals surface area contributed by atoms with E-state index in [0.717, 1.165) is 24.9 Å². The molecule has 1 amide bonds. The van der Waals surface area contributed by atoms with Gasteiger partial charge in [-0.2, -0.15) is 16.3 Å². The van der Waals surface area contributed by atoms with Gasteiger partial charge < -0.3 is 14.4 Å². The van der Waals surface area contributed by atoms with Crippen molar-refractivity contribution in [3.63, 3.8) is 0 Å². The Kier molecular flexibility index (Phi) is 5.07. The van der Waals surface area contributed by atoms with Crippen molar-refractivity contribution < 1.29 is 14.3 Å². The molecule has 0 aromatic carbocycles. The number of carbonyl (C=O) groups excluding carboxylic acids is 1. The van der Waals surface area contributed by atoms with Crippen molar-refractivity contribution in [2.75, 3.05) is 20.2 Å². The quantitative estimate of drug-likeness (QED) is 0.839. The van der Waals surface area contributed by atoms with Gasteiger partial charge in [-0.15, -0.1) is 0 Å². The van der Waals surface area contributed by atoms with Crippen molar-refractivity contribution in [2.24, 2.45) is 0 Å². The van der Waals surface area contributed by atoms with E-state index < -0.39 is 0 Å². The van der Waals surface area contributed by atoms with Crippen molar-refractivity contribution in [3.05, 3.63) is 34.7 Å². The molecule has 122 valence electrons. The van der Waals surface area contributed by atoms with Gasteiger partial charge in [-0.3, -0.25) is 4.79 Å². The number of carbonyl (C=O) groups is 1. The van der Waals surface area contributed by atoms with Gasteiger partial charge in [-0.25, -0.2) is 4.98 Å². The fourth-order valence-corrected chi connectivity index (χ4v) is 3.27. The molecule has 1 unspecified atom stereocenters. The molecule has 3 rings (SSSR count). The Morgan fingerprint density at radius 1 is 1.48 bits per heavy atom. The Bertz CT molecular complexity index is 648. The highest BCUT2D eigenvalue weighted by Gasteiger charge is 2.25. The van der Waals surface area contributed by atoms with Crippen LogP contribution in [0.25, 0.3) is 0 Å². The van der Waals surface area contributed by atoms with E-state index in [0.29, 0.717) is 18.8 Å². The number of amides is 1. The summed E-state index contributed by atoms with van der Waals surface area (Å²) >= 11 is 1.61. The highest BCUT2D eigenvalue weighted by Crippen LogP contribution is 2.19. The fourth-order valence-electron chi connectivity index (χ4n) is 2.60. The van der Waals surface area contributed by atoms with E-state index >= 15 is 0 Å². The number of aromatic nitrogens is 2. The summed E-state index contributed by atoms with van der Waals surface area (Å²) in [5, 5.41) is 4.01. The second kappa shape index (κ2) is 7.41. The minimum absolute atomic E-state index is 0.0465. The minimum atomic E-state index is -0.0465. The third-order valence-corrected chi connectivity index (χ3v) is 4.48. The smallest absolute Gasteiger partial charge is 0.319 e. The zero-order valence-electron chi connectivity index (χ0n) is 13.0. The number of ether oxygens (including phenoxy) is 2. The first-order chi connectivity index (χ1) is 11.2. The summed E-state index contributed by atoms with van der Waals surface area (Å²) in [6.07, 6.45) is 3.85. The van der Waals surface area contributed by atoms with Crippen LogP contribution in [0.1, 0.15) is 18.4 Å². The molecule has 0 bridgehead atoms. The first-order valence-electron chi connectivity index (χ1n) is 7.57. The molecule has 1 atom stereocenters. The number of methoxy groups -OCH3 is 1. The molecular weight excluding hydrogens is 314 g/mol. The van der Waals surface area contributed by atoms with Crippen LogP contribution >= 0.6 is 11.3 Å². The van der Waals surface area contributed by atoms with Gasteiger partial charge in [0.05, 0.1) is 20.1 Å². The largest absolute Gasteiger partial charge is 0.472 e. The molecule has 0 radical (unpaired) electrons. The summed E-state index contributed by atoms with van der Waals surface area (Å²) in [6.45, 7) is 1.38. The van der Waals surface area contributed by atoms with Crippen LogP contribution in [0.15, 0.2) is 29.1 Å². The van der Waals surface area contributed by atoms with Gasteiger partial charge in [-0.1, -0.05) is 0 Å². The van der Waals surface area contributed by atoms with E-state index in [1.165, 1.54) is 7.11 Å². The first kappa shape index (κ1) is 15.7. The Morgan fingerprint density at radius 3 is 3.17 bits per heavy atom. The number of hydrogen-bond donors (Lipinski definition) is 0. The fraction of sp³-hybridized carbons (Fsp3) is 0.438. The monoisotopic (exact) mass is 333 g/mol. The SMILES string of the molecule is COc1nccc(OC2CCCN(C(=O)Cc3ccsc3)C2)n1. The third-order valence-electron chi connectivity index (χ3n) is 3.74. The summed E-state index contributed by atoms with van der Waals surface area (Å²) in [5.74, 6) is 0.631. The molecule has 3 heterocycles. The third kappa shape index (κ3) is 4.19. The predicted molar refractivity (Wildman–Crippen MR) is 86.8 cm³/mol. The van der Waals surface area contributed by atoms with E-state index in [2.05, 4.69) is 9.97 Å². The number of rotatable bonds is 5. The van der Waals surface area contributed by atoms with Crippen LogP contribution in [0.3, 0.4) is 0 Å². The number of nitrogens with zero attached hydrogens (tertiary/aromatic N) is 3. The second-order valence-corrected chi connectivity index (χ2v) is 6.19. The van der Waals surface area contributed by atoms with Crippen LogP contribution in [-0.2, 0) is 11.2 Å². The molecule has 2 aromatic heterocycles. The standard InChI is InChI=1S/C16H19N3O3S/c1-21-16-17-6-4-14(18-16)22-13-3-2-7-19(10-13)15(20)9-12-5-8-23-11-12/h4-6,8,11,13H,2-3,7,9-10H2,1H3. The first-order valence-corrected chi connectivity index (χ1v) is 8.51. The van der Waals surface area contributed by atoms with Crippen molar-refractivity contribution in [1.29, 1.82) is 0 Å². The van der Waals surface area contributed by atoms with E-state index in [1.54, 1.807) is 23.6 Å². The van der Waals surface area contributed by atoms with Crippen LogP contribution < -0.4 is 9.47 Å². The second-order valence-electron chi connectivity index (χ2n) is 5.41. The van der Waals surface area contributed by atoms with E-state index in [1.807, 2.05) is 21.7 Å². The maximum atomic E-state index is 12.4. The molecule has 0 N–H and O–H groups in total. The molecule has 0 spiro atoms. The molecule has 7 heteroatoms. The lowest BCUT2D eigenvalue weighted by Gasteiger charge is -2.32. The van der Waals surface area contributed by atoms with Gasteiger partial charge in [0.1, 0.15) is 6.10 Å². The molecule has 1 aliphatic heterocycles. The van der Waals surface area contributed by atoms with Crippen LogP contribution in [0.5, 0.6) is 11.9 Å². The Hall–Kier alpha value is -2.15. The minimum Gasteiger partial charge on any atom is -0.472 e. The van der Waals surface area contributed by atoms with Crippen molar-refractivity contribution in [2.45, 2.75) is 25.4 Å². The van der Waals surface area contributed by atoms with Crippen LogP contribution in [-0.4, -0.2) is 47.1 Å². The highest BCUT2D eigenvalue weighted by molar-refractivity contribution is 7.07. The van der Waals surface area contributed by atoms with E-state index in [-0.39, 0.29) is 18.0 Å². The van der Waals surface area contributed by atoms with Gasteiger partial charge in [0, 0.05) is 18.8 Å². The lowest BCUT2D eigenvalue weighted by molar-refractivity contribution is -0.133. The maximum Gasteiger partial charge on any atom is 0.319 e. The zero-order chi connectivity index (χ0) is 16.1. The van der Waals surface area contributed by atoms with Crippen LogP contribution in [0.2, 0.25) is 0 Å². The van der Waals surface area contributed by atoms with Crippen LogP contribution in [0.4, 0.5) is 0 Å². The van der Waals surface area contributed by atoms with Gasteiger partial charge >= 0.3 is 6.01 Å². The lowest BCUT2D eigenvalue weighted by atomic mass is 10.1. The topological polar surface area (TPSA) is 64.6 Å². The van der Waals surface area contributed by atoms with Crippen LogP contribution in [0, 0.1) is 0 Å². The van der Waals surface area contributed by atoms with Crippen molar-refractivity contribution >= 4 is 17.2 Å². The average Bonchev–Trinajstić information content (AvgIpc) is 3.08. The zero-order valence-corrected chi connectivity index (χ0v) is 13.8. The molecule has 1 fully saturated rings. The molecule has 0 aliphatic carbocycles. The molecule has 0 saturated carbocycles. The van der Waals surface area contributed by atoms with Gasteiger partial charge in [0.15, 0.2) is 0 Å². The van der Waals surface area contributed by atoms with Gasteiger partial charge in [0.2, 0.25) is 11.8 Å². The Balaban J connectivity index is 1.58. The molecule has 23 heavy (non-hydrogen) atoms. The van der Waals surface area contributed by atoms with Gasteiger partial charge in [-0.05, 0) is 35.2 Å². The van der Waals surface area contributed by atoms with Crippen molar-refractivity contribution in [3.8, 4) is 11.9 Å². The maximum absolute atomic E-state index is 12.4. The molecule has 1 aliphatic rings. The lowest BCUT2D eigenvalue weighted by Crippen LogP contribution is -2.45. The predicted octanol–water partition coefficient (Wildman–Crippen LogP) is 2.16. The summed E-state index contributed by atoms with van der Waals surface area (Å²) < 4.78 is 10.9. The normalized spacial score (nSPS) is 17.8. The van der Waals surface area contributed by atoms with E-state index in [9.17, 15) is 4.79 Å². The summed E-state index contributed by atoms with van der Waals surface area (Å²) in [4.78, 5) is 22.4. The number of thiophene rings is 1. The van der Waals surface area contributed by atoms with Gasteiger partial charge in [0.25, 0.3) is 0 Å². The molecule has 2 aromatic rings. The number of hydrogen-bond acceptors (Lipinski definition) is 6. The molecule has 6 nitrogen and oxygen atoms in total. The summed E-state index contributed by atoms with van der Waals surface area (Å²) in [6, 6.07) is 3.98. The Labute approximate surface area is 139 Å². The molecular formula is C16H19N3O3S. The van der Waals surface area contributed by atoms with Crippen molar-refractivity contribution in [1.82, 2.24) is 14.9 Å². The average molecular weight is 333 g/mol. The Morgan fingerprint density at radius 2 is 2.39 bits per heavy atom. The number of piperidine rings is 1. The summed E-state index contributed by atoms with van der Waals surface area (Å²) in [7, 11) is 1.52.